The van der Waals surface area contributed by atoms with Gasteiger partial charge in [-0.25, -0.2) is 4.79 Å². The van der Waals surface area contributed by atoms with E-state index in [1.165, 1.54) is 20.4 Å². The lowest BCUT2D eigenvalue weighted by Crippen LogP contribution is -2.38. The summed E-state index contributed by atoms with van der Waals surface area (Å²) in [6.45, 7) is 0.411. The van der Waals surface area contributed by atoms with Crippen LogP contribution in [-0.2, 0) is 25.6 Å². The van der Waals surface area contributed by atoms with Gasteiger partial charge in [0, 0.05) is 6.07 Å². The molecule has 1 heterocycles. The van der Waals surface area contributed by atoms with Gasteiger partial charge in [-0.3, -0.25) is 4.79 Å². The van der Waals surface area contributed by atoms with E-state index in [0.29, 0.717) is 12.1 Å². The monoisotopic (exact) mass is 338 g/mol. The van der Waals surface area contributed by atoms with Gasteiger partial charge in [0.2, 0.25) is 0 Å². The van der Waals surface area contributed by atoms with Gasteiger partial charge in [0.25, 0.3) is 0 Å². The number of aromatic nitrogens is 2. The molecule has 0 aliphatic rings. The average molecular weight is 338 g/mol. The lowest BCUT2D eigenvalue weighted by atomic mass is 10.3. The van der Waals surface area contributed by atoms with Crippen LogP contribution in [-0.4, -0.2) is 43.4 Å². The highest BCUT2D eigenvalue weighted by Gasteiger charge is 2.28. The number of aliphatic carboxylic acids is 1. The van der Waals surface area contributed by atoms with Gasteiger partial charge in [0.15, 0.2) is 12.7 Å². The molecule has 1 rings (SSSR count). The van der Waals surface area contributed by atoms with Gasteiger partial charge < -0.3 is 19.4 Å². The van der Waals surface area contributed by atoms with Crippen LogP contribution in [0.4, 0.5) is 13.2 Å². The third kappa shape index (κ3) is 8.34. The molecule has 0 amide bonds. The molecular formula is C12H13F3N2O6. The van der Waals surface area contributed by atoms with E-state index in [0.717, 1.165) is 0 Å². The van der Waals surface area contributed by atoms with Gasteiger partial charge in [0.1, 0.15) is 18.6 Å². The molecule has 0 saturated heterocycles. The summed E-state index contributed by atoms with van der Waals surface area (Å²) in [4.78, 5) is 30.7. The van der Waals surface area contributed by atoms with E-state index in [1.807, 2.05) is 0 Å². The van der Waals surface area contributed by atoms with E-state index in [2.05, 4.69) is 14.6 Å². The summed E-state index contributed by atoms with van der Waals surface area (Å²) in [5, 5.41) is 12.7. The minimum Gasteiger partial charge on any atom is -0.542 e. The first-order valence-electron chi connectivity index (χ1n) is 5.91. The minimum absolute atomic E-state index is 0.242. The number of carboxylic acid groups (broad SMARTS) is 1. The summed E-state index contributed by atoms with van der Waals surface area (Å²) in [6.07, 6.45) is -1.95. The van der Waals surface area contributed by atoms with Crippen molar-refractivity contribution in [2.45, 2.75) is 19.1 Å². The Bertz CT molecular complexity index is 545. The fourth-order valence-corrected chi connectivity index (χ4v) is 1.06. The number of hydrogen-bond donors (Lipinski definition) is 0. The Labute approximate surface area is 128 Å². The SMILES string of the molecule is COC(=O)CC[n+]1ccc(C(=O)OC)cn1.O=C([O-])C(F)(F)F. The van der Waals surface area contributed by atoms with Crippen molar-refractivity contribution in [2.24, 2.45) is 0 Å². The number of carboxylic acids is 1. The van der Waals surface area contributed by atoms with Gasteiger partial charge >= 0.3 is 18.1 Å². The molecule has 0 saturated carbocycles. The summed E-state index contributed by atoms with van der Waals surface area (Å²) in [5.74, 6) is -3.74. The zero-order chi connectivity index (χ0) is 18.0. The predicted molar refractivity (Wildman–Crippen MR) is 63.5 cm³/mol. The van der Waals surface area contributed by atoms with Crippen LogP contribution in [0.5, 0.6) is 0 Å². The molecule has 0 unspecified atom stereocenters. The second kappa shape index (κ2) is 9.33. The van der Waals surface area contributed by atoms with Gasteiger partial charge in [-0.2, -0.15) is 13.2 Å². The predicted octanol–water partition coefficient (Wildman–Crippen LogP) is -0.983. The zero-order valence-corrected chi connectivity index (χ0v) is 12.1. The van der Waals surface area contributed by atoms with E-state index in [4.69, 9.17) is 9.90 Å². The van der Waals surface area contributed by atoms with Crippen LogP contribution >= 0.6 is 0 Å². The maximum atomic E-state index is 11.1. The zero-order valence-electron chi connectivity index (χ0n) is 12.1. The maximum absolute atomic E-state index is 11.1. The van der Waals surface area contributed by atoms with Gasteiger partial charge in [-0.05, 0) is 5.10 Å². The molecule has 0 N–H and O–H groups in total. The summed E-state index contributed by atoms with van der Waals surface area (Å²) in [5.41, 5.74) is 0.372. The Balaban J connectivity index is 0.000000585. The molecule has 0 aliphatic heterocycles. The van der Waals surface area contributed by atoms with Crippen molar-refractivity contribution in [1.29, 1.82) is 0 Å². The molecule has 0 radical (unpaired) electrons. The molecule has 0 atom stereocenters. The fraction of sp³-hybridized carbons (Fsp3) is 0.417. The molecule has 128 valence electrons. The number of hydrogen-bond acceptors (Lipinski definition) is 7. The quantitative estimate of drug-likeness (QED) is 0.512. The molecule has 0 aromatic carbocycles. The summed E-state index contributed by atoms with van der Waals surface area (Å²) in [7, 11) is 2.64. The van der Waals surface area contributed by atoms with E-state index < -0.39 is 18.1 Å². The van der Waals surface area contributed by atoms with Crippen LogP contribution in [0.2, 0.25) is 0 Å². The van der Waals surface area contributed by atoms with Gasteiger partial charge in [0.05, 0.1) is 19.8 Å². The van der Waals surface area contributed by atoms with Crippen molar-refractivity contribution in [3.8, 4) is 0 Å². The number of carbonyl (C=O) groups excluding carboxylic acids is 3. The van der Waals surface area contributed by atoms with Crippen LogP contribution in [0.25, 0.3) is 0 Å². The Morgan fingerprint density at radius 1 is 1.26 bits per heavy atom. The number of carbonyl (C=O) groups is 3. The highest BCUT2D eigenvalue weighted by atomic mass is 19.4. The highest BCUT2D eigenvalue weighted by Crippen LogP contribution is 2.11. The molecular weight excluding hydrogens is 325 g/mol. The summed E-state index contributed by atoms with van der Waals surface area (Å²) < 4.78 is 42.1. The van der Waals surface area contributed by atoms with E-state index >= 15 is 0 Å². The van der Waals surface area contributed by atoms with Crippen LogP contribution in [0, 0.1) is 0 Å². The average Bonchev–Trinajstić information content (AvgIpc) is 2.51. The van der Waals surface area contributed by atoms with Crippen molar-refractivity contribution >= 4 is 17.9 Å². The first-order chi connectivity index (χ1) is 10.6. The molecule has 23 heavy (non-hydrogen) atoms. The molecule has 1 aromatic rings. The first-order valence-corrected chi connectivity index (χ1v) is 5.91. The molecule has 0 bridgehead atoms. The minimum atomic E-state index is -5.19. The largest absolute Gasteiger partial charge is 0.542 e. The standard InChI is InChI=1S/C10H13N2O4.C2HF3O2/c1-15-9(13)4-6-12-5-3-8(7-11-12)10(14)16-2;3-2(4,5)1(6)7/h3,5,7H,4,6H2,1-2H3;(H,6,7)/q+1;/p-1. The Morgan fingerprint density at radius 3 is 2.17 bits per heavy atom. The fourth-order valence-electron chi connectivity index (χ4n) is 1.06. The first kappa shape index (κ1) is 20.3. The smallest absolute Gasteiger partial charge is 0.430 e. The lowest BCUT2D eigenvalue weighted by molar-refractivity contribution is -0.753. The number of methoxy groups -OCH3 is 2. The van der Waals surface area contributed by atoms with Crippen LogP contribution < -0.4 is 9.79 Å². The molecule has 11 heteroatoms. The number of ether oxygens (including phenoxy) is 2. The van der Waals surface area contributed by atoms with Crippen molar-refractivity contribution in [3.05, 3.63) is 24.0 Å². The van der Waals surface area contributed by atoms with Crippen molar-refractivity contribution < 1.29 is 46.8 Å². The Hall–Kier alpha value is -2.72. The second-order valence-electron chi connectivity index (χ2n) is 3.78. The van der Waals surface area contributed by atoms with Crippen LogP contribution in [0.1, 0.15) is 16.8 Å². The van der Waals surface area contributed by atoms with Crippen LogP contribution in [0.3, 0.4) is 0 Å². The molecule has 0 spiro atoms. The Kier molecular flexibility index (Phi) is 8.23. The van der Waals surface area contributed by atoms with Crippen molar-refractivity contribution in [1.82, 2.24) is 5.10 Å². The molecule has 0 aliphatic carbocycles. The van der Waals surface area contributed by atoms with E-state index in [9.17, 15) is 22.8 Å². The third-order valence-corrected chi connectivity index (χ3v) is 2.20. The van der Waals surface area contributed by atoms with Crippen LogP contribution in [0.15, 0.2) is 18.5 Å². The number of nitrogens with zero attached hydrogens (tertiary/aromatic N) is 2. The van der Waals surface area contributed by atoms with Crippen molar-refractivity contribution in [3.63, 3.8) is 0 Å². The maximum Gasteiger partial charge on any atom is 0.430 e. The third-order valence-electron chi connectivity index (χ3n) is 2.20. The molecule has 8 nitrogen and oxygen atoms in total. The van der Waals surface area contributed by atoms with E-state index in [1.54, 1.807) is 16.9 Å². The molecule has 1 aromatic heterocycles. The number of halogens is 3. The van der Waals surface area contributed by atoms with E-state index in [-0.39, 0.29) is 12.4 Å². The second-order valence-corrected chi connectivity index (χ2v) is 3.78. The molecule has 0 fully saturated rings. The number of rotatable bonds is 4. The number of alkyl halides is 3. The topological polar surface area (TPSA) is 110 Å². The number of esters is 2. The van der Waals surface area contributed by atoms with Crippen molar-refractivity contribution in [2.75, 3.05) is 14.2 Å². The lowest BCUT2D eigenvalue weighted by Gasteiger charge is -2.03. The number of aryl methyl sites for hydroxylation is 1. The van der Waals surface area contributed by atoms with Gasteiger partial charge in [-0.15, -0.1) is 0 Å². The summed E-state index contributed by atoms with van der Waals surface area (Å²) >= 11 is 0. The summed E-state index contributed by atoms with van der Waals surface area (Å²) in [6, 6.07) is 1.58. The highest BCUT2D eigenvalue weighted by molar-refractivity contribution is 5.88. The normalized spacial score (nSPS) is 10.1. The van der Waals surface area contributed by atoms with Gasteiger partial charge in [-0.1, -0.05) is 4.68 Å². The Morgan fingerprint density at radius 2 is 1.83 bits per heavy atom.